The van der Waals surface area contributed by atoms with E-state index in [9.17, 15) is 9.59 Å². The normalized spacial score (nSPS) is 11.9. The zero-order valence-corrected chi connectivity index (χ0v) is 21.0. The number of amides is 1. The van der Waals surface area contributed by atoms with Crippen molar-refractivity contribution in [3.8, 4) is 5.75 Å². The van der Waals surface area contributed by atoms with Crippen LogP contribution in [-0.2, 0) is 17.8 Å². The Labute approximate surface area is 209 Å². The highest BCUT2D eigenvalue weighted by atomic mass is 32.2. The summed E-state index contributed by atoms with van der Waals surface area (Å²) in [6, 6.07) is 23.2. The van der Waals surface area contributed by atoms with E-state index >= 15 is 0 Å². The van der Waals surface area contributed by atoms with Gasteiger partial charge in [-0.15, -0.1) is 0 Å². The molecule has 4 rings (SSSR count). The summed E-state index contributed by atoms with van der Waals surface area (Å²) in [7, 11) is 1.64. The fourth-order valence-electron chi connectivity index (χ4n) is 3.73. The van der Waals surface area contributed by atoms with E-state index in [4.69, 9.17) is 9.72 Å². The molecule has 0 bridgehead atoms. The molecule has 0 fully saturated rings. The molecular weight excluding hydrogens is 458 g/mol. The maximum atomic E-state index is 13.3. The van der Waals surface area contributed by atoms with Crippen LogP contribution < -0.4 is 15.6 Å². The molecule has 0 aliphatic heterocycles. The van der Waals surface area contributed by atoms with Gasteiger partial charge < -0.3 is 10.1 Å². The molecule has 0 saturated heterocycles. The second-order valence-corrected chi connectivity index (χ2v) is 9.75. The van der Waals surface area contributed by atoms with E-state index in [-0.39, 0.29) is 11.5 Å². The van der Waals surface area contributed by atoms with Gasteiger partial charge >= 0.3 is 0 Å². The first-order chi connectivity index (χ1) is 16.9. The van der Waals surface area contributed by atoms with Gasteiger partial charge in [0.05, 0.1) is 29.8 Å². The zero-order chi connectivity index (χ0) is 24.8. The second kappa shape index (κ2) is 11.2. The highest BCUT2D eigenvalue weighted by molar-refractivity contribution is 8.00. The lowest BCUT2D eigenvalue weighted by Gasteiger charge is -2.17. The minimum Gasteiger partial charge on any atom is -0.497 e. The maximum Gasteiger partial charge on any atom is 0.262 e. The van der Waals surface area contributed by atoms with Crippen LogP contribution in [0, 0.1) is 6.92 Å². The monoisotopic (exact) mass is 487 g/mol. The minimum absolute atomic E-state index is 0.0900. The lowest BCUT2D eigenvalue weighted by molar-refractivity contribution is -0.120. The highest BCUT2D eigenvalue weighted by Gasteiger charge is 2.19. The third-order valence-corrected chi connectivity index (χ3v) is 6.90. The van der Waals surface area contributed by atoms with E-state index in [1.54, 1.807) is 17.7 Å². The molecule has 0 aliphatic carbocycles. The van der Waals surface area contributed by atoms with Crippen molar-refractivity contribution in [2.75, 3.05) is 13.7 Å². The first-order valence-electron chi connectivity index (χ1n) is 11.6. The molecule has 1 unspecified atom stereocenters. The Balaban J connectivity index is 1.49. The Hall–Kier alpha value is -3.58. The first kappa shape index (κ1) is 24.5. The molecule has 1 N–H and O–H groups in total. The van der Waals surface area contributed by atoms with Crippen LogP contribution in [0.15, 0.2) is 82.7 Å². The molecule has 4 aromatic rings. The molecule has 3 aromatic carbocycles. The molecule has 1 heterocycles. The third-order valence-electron chi connectivity index (χ3n) is 5.81. The molecule has 35 heavy (non-hydrogen) atoms. The van der Waals surface area contributed by atoms with Crippen molar-refractivity contribution in [1.82, 2.24) is 14.9 Å². The quantitative estimate of drug-likeness (QED) is 0.276. The van der Waals surface area contributed by atoms with Crippen molar-refractivity contribution < 1.29 is 9.53 Å². The number of benzene rings is 3. The van der Waals surface area contributed by atoms with Crippen LogP contribution in [0.25, 0.3) is 10.9 Å². The van der Waals surface area contributed by atoms with Crippen LogP contribution in [0.5, 0.6) is 5.75 Å². The average molecular weight is 488 g/mol. The van der Waals surface area contributed by atoms with Crippen LogP contribution >= 0.6 is 11.8 Å². The van der Waals surface area contributed by atoms with Gasteiger partial charge in [-0.05, 0) is 55.7 Å². The fourth-order valence-corrected chi connectivity index (χ4v) is 4.66. The summed E-state index contributed by atoms with van der Waals surface area (Å²) in [6.45, 7) is 4.79. The predicted molar refractivity (Wildman–Crippen MR) is 141 cm³/mol. The van der Waals surface area contributed by atoms with Crippen LogP contribution in [0.2, 0.25) is 0 Å². The van der Waals surface area contributed by atoms with Crippen molar-refractivity contribution in [1.29, 1.82) is 0 Å². The number of fused-ring (bicyclic) bond motifs is 1. The van der Waals surface area contributed by atoms with E-state index in [1.807, 2.05) is 80.6 Å². The van der Waals surface area contributed by atoms with E-state index < -0.39 is 5.25 Å². The van der Waals surface area contributed by atoms with Crippen molar-refractivity contribution >= 4 is 28.6 Å². The summed E-state index contributed by atoms with van der Waals surface area (Å²) in [5, 5.41) is 3.69. The van der Waals surface area contributed by atoms with Gasteiger partial charge in [-0.25, -0.2) is 4.98 Å². The lowest BCUT2D eigenvalue weighted by atomic mass is 10.1. The summed E-state index contributed by atoms with van der Waals surface area (Å²) >= 11 is 1.30. The van der Waals surface area contributed by atoms with Gasteiger partial charge in [0.25, 0.3) is 5.56 Å². The number of aryl methyl sites for hydroxylation is 1. The SMILES string of the molecule is COc1ccc(CCNC(=O)C(C)Sc2nc3ccccc3c(=O)n2Cc2ccc(C)cc2)cc1. The number of aromatic nitrogens is 2. The topological polar surface area (TPSA) is 73.2 Å². The van der Waals surface area contributed by atoms with Crippen molar-refractivity contribution in [3.05, 3.63) is 99.8 Å². The molecule has 0 radical (unpaired) electrons. The Morgan fingerprint density at radius 3 is 2.43 bits per heavy atom. The van der Waals surface area contributed by atoms with Gasteiger partial charge in [-0.3, -0.25) is 14.2 Å². The van der Waals surface area contributed by atoms with Crippen LogP contribution in [0.1, 0.15) is 23.6 Å². The van der Waals surface area contributed by atoms with Crippen molar-refractivity contribution in [2.45, 2.75) is 37.2 Å². The Morgan fingerprint density at radius 2 is 1.71 bits per heavy atom. The van der Waals surface area contributed by atoms with Crippen molar-refractivity contribution in [3.63, 3.8) is 0 Å². The molecule has 1 aromatic heterocycles. The molecule has 180 valence electrons. The Bertz CT molecular complexity index is 1370. The third kappa shape index (κ3) is 6.11. The van der Waals surface area contributed by atoms with Gasteiger partial charge in [0.1, 0.15) is 5.75 Å². The molecule has 0 saturated carbocycles. The fraction of sp³-hybridized carbons (Fsp3) is 0.250. The summed E-state index contributed by atoms with van der Waals surface area (Å²) in [5.74, 6) is 0.718. The Morgan fingerprint density at radius 1 is 1.03 bits per heavy atom. The highest BCUT2D eigenvalue weighted by Crippen LogP contribution is 2.23. The van der Waals surface area contributed by atoms with E-state index in [1.165, 1.54) is 11.8 Å². The minimum atomic E-state index is -0.414. The van der Waals surface area contributed by atoms with Gasteiger partial charge in [0.2, 0.25) is 5.91 Å². The summed E-state index contributed by atoms with van der Waals surface area (Å²) < 4.78 is 6.85. The van der Waals surface area contributed by atoms with Gasteiger partial charge in [0.15, 0.2) is 5.16 Å². The number of thioether (sulfide) groups is 1. The zero-order valence-electron chi connectivity index (χ0n) is 20.2. The van der Waals surface area contributed by atoms with Gasteiger partial charge in [0, 0.05) is 6.54 Å². The molecular formula is C28H29N3O3S. The summed E-state index contributed by atoms with van der Waals surface area (Å²) in [4.78, 5) is 30.9. The van der Waals surface area contributed by atoms with Crippen LogP contribution in [0.3, 0.4) is 0 Å². The van der Waals surface area contributed by atoms with Crippen molar-refractivity contribution in [2.24, 2.45) is 0 Å². The lowest BCUT2D eigenvalue weighted by Crippen LogP contribution is -2.33. The number of rotatable bonds is 9. The predicted octanol–water partition coefficient (Wildman–Crippen LogP) is 4.60. The number of carbonyl (C=O) groups is 1. The Kier molecular flexibility index (Phi) is 7.87. The largest absolute Gasteiger partial charge is 0.497 e. The molecule has 7 heteroatoms. The molecule has 1 atom stereocenters. The number of methoxy groups -OCH3 is 1. The number of hydrogen-bond donors (Lipinski definition) is 1. The molecule has 0 spiro atoms. The standard InChI is InChI=1S/C28H29N3O3S/c1-19-8-10-22(11-9-19)18-31-27(33)24-6-4-5-7-25(24)30-28(31)35-20(2)26(32)29-17-16-21-12-14-23(34-3)15-13-21/h4-15,20H,16-18H2,1-3H3,(H,29,32). The van der Waals surface area contributed by atoms with Gasteiger partial charge in [-0.1, -0.05) is 65.9 Å². The number of nitrogens with one attached hydrogen (secondary N) is 1. The number of ether oxygens (including phenoxy) is 1. The number of carbonyl (C=O) groups excluding carboxylic acids is 1. The molecule has 6 nitrogen and oxygen atoms in total. The second-order valence-electron chi connectivity index (χ2n) is 8.44. The maximum absolute atomic E-state index is 13.3. The first-order valence-corrected chi connectivity index (χ1v) is 12.4. The number of hydrogen-bond acceptors (Lipinski definition) is 5. The average Bonchev–Trinajstić information content (AvgIpc) is 2.87. The summed E-state index contributed by atoms with van der Waals surface area (Å²) in [6.07, 6.45) is 0.722. The summed E-state index contributed by atoms with van der Waals surface area (Å²) in [5.41, 5.74) is 3.81. The van der Waals surface area contributed by atoms with Gasteiger partial charge in [-0.2, -0.15) is 0 Å². The molecule has 1 amide bonds. The smallest absolute Gasteiger partial charge is 0.262 e. The van der Waals surface area contributed by atoms with Crippen LogP contribution in [0.4, 0.5) is 0 Å². The number of para-hydroxylation sites is 1. The van der Waals surface area contributed by atoms with E-state index in [0.29, 0.717) is 29.1 Å². The van der Waals surface area contributed by atoms with E-state index in [0.717, 1.165) is 28.9 Å². The van der Waals surface area contributed by atoms with E-state index in [2.05, 4.69) is 5.32 Å². The van der Waals surface area contributed by atoms with Crippen LogP contribution in [-0.4, -0.2) is 34.4 Å². The molecule has 0 aliphatic rings. The number of nitrogens with zero attached hydrogens (tertiary/aromatic N) is 2.